The van der Waals surface area contributed by atoms with E-state index < -0.39 is 0 Å². The summed E-state index contributed by atoms with van der Waals surface area (Å²) in [5.41, 5.74) is 1.84. The molecule has 0 aliphatic rings. The molecule has 2 heterocycles. The summed E-state index contributed by atoms with van der Waals surface area (Å²) in [6.45, 7) is 1.81. The van der Waals surface area contributed by atoms with E-state index in [2.05, 4.69) is 10.3 Å². The predicted octanol–water partition coefficient (Wildman–Crippen LogP) is 3.80. The minimum absolute atomic E-state index is 0.136. The van der Waals surface area contributed by atoms with Gasteiger partial charge in [-0.25, -0.2) is 9.37 Å². The van der Waals surface area contributed by atoms with Crippen molar-refractivity contribution in [3.05, 3.63) is 87.5 Å². The molecule has 0 aliphatic heterocycles. The van der Waals surface area contributed by atoms with Crippen molar-refractivity contribution in [1.82, 2.24) is 9.38 Å². The third-order valence-electron chi connectivity index (χ3n) is 4.34. The molecular formula is C22H18FN3O4S. The van der Waals surface area contributed by atoms with Gasteiger partial charge in [-0.1, -0.05) is 0 Å². The summed E-state index contributed by atoms with van der Waals surface area (Å²) in [4.78, 5) is 29.3. The molecular weight excluding hydrogens is 421 g/mol. The van der Waals surface area contributed by atoms with E-state index >= 15 is 0 Å². The lowest BCUT2D eigenvalue weighted by molar-refractivity contribution is -0.118. The fourth-order valence-corrected chi connectivity index (χ4v) is 3.73. The number of fused-ring (bicyclic) bond motifs is 1. The minimum atomic E-state index is -0.371. The Morgan fingerprint density at radius 3 is 2.52 bits per heavy atom. The van der Waals surface area contributed by atoms with Crippen molar-refractivity contribution in [1.29, 1.82) is 0 Å². The van der Waals surface area contributed by atoms with E-state index in [1.54, 1.807) is 28.7 Å². The van der Waals surface area contributed by atoms with Gasteiger partial charge in [0.1, 0.15) is 23.9 Å². The summed E-state index contributed by atoms with van der Waals surface area (Å²) in [7, 11) is 0. The van der Waals surface area contributed by atoms with Crippen LogP contribution in [0.1, 0.15) is 11.4 Å². The van der Waals surface area contributed by atoms with Crippen LogP contribution in [0.5, 0.6) is 11.5 Å². The molecule has 0 radical (unpaired) electrons. The molecule has 0 saturated carbocycles. The smallest absolute Gasteiger partial charge is 0.262 e. The molecule has 31 heavy (non-hydrogen) atoms. The minimum Gasteiger partial charge on any atom is -0.487 e. The lowest BCUT2D eigenvalue weighted by atomic mass is 10.3. The molecule has 0 saturated heterocycles. The second-order valence-electron chi connectivity index (χ2n) is 6.68. The van der Waals surface area contributed by atoms with Gasteiger partial charge < -0.3 is 14.8 Å². The van der Waals surface area contributed by atoms with Crippen LogP contribution in [0.4, 0.5) is 10.1 Å². The first-order valence-corrected chi connectivity index (χ1v) is 10.2. The molecule has 2 aromatic carbocycles. The largest absolute Gasteiger partial charge is 0.487 e. The highest BCUT2D eigenvalue weighted by Gasteiger charge is 2.08. The number of ether oxygens (including phenoxy) is 2. The molecule has 158 valence electrons. The van der Waals surface area contributed by atoms with E-state index in [9.17, 15) is 14.0 Å². The standard InChI is InChI=1S/C22H18FN3O4S/c1-14-13-31-22-25-17(10-21(28)26(14)22)11-29-19-8-4-16(5-9-19)24-20(27)12-30-18-6-2-15(23)3-7-18/h2-10,13H,11-12H2,1H3,(H,24,27). The lowest BCUT2D eigenvalue weighted by Gasteiger charge is -2.09. The van der Waals surface area contributed by atoms with Crippen LogP contribution in [0.3, 0.4) is 0 Å². The van der Waals surface area contributed by atoms with Crippen molar-refractivity contribution in [3.8, 4) is 11.5 Å². The van der Waals surface area contributed by atoms with E-state index in [-0.39, 0.29) is 30.5 Å². The Morgan fingerprint density at radius 2 is 1.77 bits per heavy atom. The number of benzene rings is 2. The first-order chi connectivity index (χ1) is 15.0. The quantitative estimate of drug-likeness (QED) is 0.474. The number of aromatic nitrogens is 2. The highest BCUT2D eigenvalue weighted by Crippen LogP contribution is 2.18. The summed E-state index contributed by atoms with van der Waals surface area (Å²) in [6, 6.07) is 13.7. The zero-order chi connectivity index (χ0) is 21.8. The average molecular weight is 439 g/mol. The van der Waals surface area contributed by atoms with Crippen LogP contribution in [-0.2, 0) is 11.4 Å². The molecule has 9 heteroatoms. The van der Waals surface area contributed by atoms with E-state index in [1.165, 1.54) is 41.7 Å². The first kappa shape index (κ1) is 20.5. The SMILES string of the molecule is Cc1csc2nc(COc3ccc(NC(=O)COc4ccc(F)cc4)cc3)cc(=O)n12. The normalized spacial score (nSPS) is 10.8. The fourth-order valence-electron chi connectivity index (χ4n) is 2.84. The Labute approximate surface area is 180 Å². The average Bonchev–Trinajstić information content (AvgIpc) is 3.14. The Hall–Kier alpha value is -3.72. The molecule has 0 atom stereocenters. The molecule has 0 spiro atoms. The van der Waals surface area contributed by atoms with Crippen molar-refractivity contribution in [2.24, 2.45) is 0 Å². The number of nitrogens with one attached hydrogen (secondary N) is 1. The lowest BCUT2D eigenvalue weighted by Crippen LogP contribution is -2.20. The van der Waals surface area contributed by atoms with Crippen LogP contribution in [-0.4, -0.2) is 21.9 Å². The van der Waals surface area contributed by atoms with Crippen LogP contribution in [0.15, 0.2) is 64.8 Å². The van der Waals surface area contributed by atoms with E-state index in [0.717, 1.165) is 5.69 Å². The number of nitrogens with zero attached hydrogens (tertiary/aromatic N) is 2. The van der Waals surface area contributed by atoms with Crippen molar-refractivity contribution >= 4 is 27.9 Å². The Kier molecular flexibility index (Phi) is 5.94. The molecule has 4 rings (SSSR count). The monoisotopic (exact) mass is 439 g/mol. The van der Waals surface area contributed by atoms with Gasteiger partial charge in [-0.2, -0.15) is 0 Å². The van der Waals surface area contributed by atoms with Gasteiger partial charge in [-0.3, -0.25) is 14.0 Å². The summed E-state index contributed by atoms with van der Waals surface area (Å²) < 4.78 is 25.5. The van der Waals surface area contributed by atoms with Gasteiger partial charge in [-0.15, -0.1) is 11.3 Å². The van der Waals surface area contributed by atoms with Gasteiger partial charge in [0.15, 0.2) is 11.6 Å². The number of anilines is 1. The summed E-state index contributed by atoms with van der Waals surface area (Å²) in [6.07, 6.45) is 0. The van der Waals surface area contributed by atoms with Crippen molar-refractivity contribution in [3.63, 3.8) is 0 Å². The first-order valence-electron chi connectivity index (χ1n) is 9.36. The van der Waals surface area contributed by atoms with Gasteiger partial charge in [0.25, 0.3) is 11.5 Å². The summed E-state index contributed by atoms with van der Waals surface area (Å²) in [5.74, 6) is 0.265. The highest BCUT2D eigenvalue weighted by atomic mass is 32.1. The zero-order valence-electron chi connectivity index (χ0n) is 16.5. The number of aryl methyl sites for hydroxylation is 1. The summed E-state index contributed by atoms with van der Waals surface area (Å²) in [5, 5.41) is 4.59. The third-order valence-corrected chi connectivity index (χ3v) is 5.28. The van der Waals surface area contributed by atoms with Crippen LogP contribution in [0.25, 0.3) is 4.96 Å². The third kappa shape index (κ3) is 5.07. The predicted molar refractivity (Wildman–Crippen MR) is 115 cm³/mol. The molecule has 2 aromatic heterocycles. The van der Waals surface area contributed by atoms with Crippen molar-refractivity contribution < 1.29 is 18.7 Å². The molecule has 0 unspecified atom stereocenters. The molecule has 0 aliphatic carbocycles. The van der Waals surface area contributed by atoms with Crippen LogP contribution in [0.2, 0.25) is 0 Å². The number of hydrogen-bond donors (Lipinski definition) is 1. The molecule has 0 fully saturated rings. The highest BCUT2D eigenvalue weighted by molar-refractivity contribution is 7.15. The van der Waals surface area contributed by atoms with Gasteiger partial charge in [0, 0.05) is 22.8 Å². The second kappa shape index (κ2) is 8.97. The number of thiazole rings is 1. The van der Waals surface area contributed by atoms with Crippen molar-refractivity contribution in [2.45, 2.75) is 13.5 Å². The number of amides is 1. The number of carbonyl (C=O) groups is 1. The molecule has 1 amide bonds. The number of halogens is 1. The van der Waals surface area contributed by atoms with Gasteiger partial charge in [0.05, 0.1) is 5.69 Å². The van der Waals surface area contributed by atoms with E-state index in [4.69, 9.17) is 9.47 Å². The number of carbonyl (C=O) groups excluding carboxylic acids is 1. The van der Waals surface area contributed by atoms with Crippen LogP contribution in [0, 0.1) is 12.7 Å². The molecule has 7 nitrogen and oxygen atoms in total. The van der Waals surface area contributed by atoms with E-state index in [1.807, 2.05) is 12.3 Å². The molecule has 0 bridgehead atoms. The topological polar surface area (TPSA) is 81.9 Å². The second-order valence-corrected chi connectivity index (χ2v) is 7.52. The van der Waals surface area contributed by atoms with E-state index in [0.29, 0.717) is 27.8 Å². The Morgan fingerprint density at radius 1 is 1.10 bits per heavy atom. The number of hydrogen-bond acceptors (Lipinski definition) is 6. The molecule has 1 N–H and O–H groups in total. The van der Waals surface area contributed by atoms with Crippen LogP contribution < -0.4 is 20.3 Å². The maximum atomic E-state index is 12.9. The fraction of sp³-hybridized carbons (Fsp3) is 0.136. The Balaban J connectivity index is 1.30. The zero-order valence-corrected chi connectivity index (χ0v) is 17.3. The number of rotatable bonds is 7. The van der Waals surface area contributed by atoms with Gasteiger partial charge in [0.2, 0.25) is 0 Å². The van der Waals surface area contributed by atoms with Gasteiger partial charge in [-0.05, 0) is 55.5 Å². The molecule has 4 aromatic rings. The maximum absolute atomic E-state index is 12.9. The van der Waals surface area contributed by atoms with Crippen LogP contribution >= 0.6 is 11.3 Å². The Bertz CT molecular complexity index is 1270. The maximum Gasteiger partial charge on any atom is 0.262 e. The van der Waals surface area contributed by atoms with Gasteiger partial charge >= 0.3 is 0 Å². The van der Waals surface area contributed by atoms with Crippen molar-refractivity contribution in [2.75, 3.05) is 11.9 Å². The summed E-state index contributed by atoms with van der Waals surface area (Å²) >= 11 is 1.40.